The lowest BCUT2D eigenvalue weighted by molar-refractivity contribution is -0.119. The van der Waals surface area contributed by atoms with Crippen molar-refractivity contribution in [1.29, 1.82) is 0 Å². The van der Waals surface area contributed by atoms with Crippen molar-refractivity contribution in [3.8, 4) is 0 Å². The van der Waals surface area contributed by atoms with E-state index >= 15 is 0 Å². The Bertz CT molecular complexity index is 206. The quantitative estimate of drug-likeness (QED) is 0.594. The smallest absolute Gasteiger partial charge is 0.220 e. The Morgan fingerprint density at radius 3 is 2.91 bits per heavy atom. The summed E-state index contributed by atoms with van der Waals surface area (Å²) in [5.41, 5.74) is 1.12. The molecule has 0 radical (unpaired) electrons. The van der Waals surface area contributed by atoms with Gasteiger partial charge in [0.05, 0.1) is 6.04 Å². The zero-order chi connectivity index (χ0) is 8.27. The highest BCUT2D eigenvalue weighted by Crippen LogP contribution is 2.15. The van der Waals surface area contributed by atoms with E-state index in [1.54, 1.807) is 6.08 Å². The molecule has 2 nitrogen and oxygen atoms in total. The normalized spacial score (nSPS) is 25.0. The minimum atomic E-state index is 0.149. The van der Waals surface area contributed by atoms with Crippen LogP contribution in [0.1, 0.15) is 19.8 Å². The lowest BCUT2D eigenvalue weighted by Crippen LogP contribution is -2.26. The van der Waals surface area contributed by atoms with E-state index in [1.165, 1.54) is 0 Å². The van der Waals surface area contributed by atoms with Crippen LogP contribution in [0.2, 0.25) is 0 Å². The van der Waals surface area contributed by atoms with Crippen LogP contribution in [0.15, 0.2) is 24.3 Å². The van der Waals surface area contributed by atoms with E-state index in [9.17, 15) is 4.79 Å². The first-order chi connectivity index (χ1) is 5.27. The van der Waals surface area contributed by atoms with Crippen LogP contribution in [0, 0.1) is 0 Å². The van der Waals surface area contributed by atoms with E-state index in [-0.39, 0.29) is 11.9 Å². The van der Waals surface area contributed by atoms with Gasteiger partial charge in [0.15, 0.2) is 0 Å². The van der Waals surface area contributed by atoms with Crippen LogP contribution in [0.3, 0.4) is 0 Å². The van der Waals surface area contributed by atoms with E-state index in [0.29, 0.717) is 6.42 Å². The summed E-state index contributed by atoms with van der Waals surface area (Å²) in [5, 5.41) is 2.88. The molecule has 1 heterocycles. The van der Waals surface area contributed by atoms with E-state index in [2.05, 4.69) is 11.9 Å². The largest absolute Gasteiger partial charge is 0.349 e. The van der Waals surface area contributed by atoms with Crippen LogP contribution in [0.25, 0.3) is 0 Å². The summed E-state index contributed by atoms with van der Waals surface area (Å²) >= 11 is 0. The second-order valence-corrected chi connectivity index (χ2v) is 2.65. The Hall–Kier alpha value is -1.05. The van der Waals surface area contributed by atoms with E-state index in [4.69, 9.17) is 0 Å². The number of hydrogen-bond acceptors (Lipinski definition) is 1. The molecule has 1 fully saturated rings. The predicted molar refractivity (Wildman–Crippen MR) is 45.1 cm³/mol. The molecular weight excluding hydrogens is 138 g/mol. The van der Waals surface area contributed by atoms with Crippen molar-refractivity contribution >= 4 is 5.91 Å². The number of allylic oxidation sites excluding steroid dienone is 1. The molecule has 0 aromatic carbocycles. The van der Waals surface area contributed by atoms with E-state index in [1.807, 2.05) is 13.0 Å². The summed E-state index contributed by atoms with van der Waals surface area (Å²) in [4.78, 5) is 10.8. The molecule has 1 amide bonds. The van der Waals surface area contributed by atoms with E-state index in [0.717, 1.165) is 12.0 Å². The van der Waals surface area contributed by atoms with Crippen molar-refractivity contribution < 1.29 is 4.79 Å². The predicted octanol–water partition coefficient (Wildman–Crippen LogP) is 1.40. The summed E-state index contributed by atoms with van der Waals surface area (Å²) in [6, 6.07) is 0.213. The maximum absolute atomic E-state index is 10.8. The molecule has 1 rings (SSSR count). The molecule has 1 aliphatic rings. The van der Waals surface area contributed by atoms with Gasteiger partial charge in [-0.05, 0) is 18.9 Å². The van der Waals surface area contributed by atoms with Crippen molar-refractivity contribution in [2.24, 2.45) is 0 Å². The third kappa shape index (κ3) is 1.70. The highest BCUT2D eigenvalue weighted by atomic mass is 16.1. The van der Waals surface area contributed by atoms with Gasteiger partial charge in [-0.3, -0.25) is 4.79 Å². The molecule has 0 aromatic heterocycles. The van der Waals surface area contributed by atoms with Crippen LogP contribution in [0.4, 0.5) is 0 Å². The molecule has 0 bridgehead atoms. The molecule has 1 N–H and O–H groups in total. The maximum Gasteiger partial charge on any atom is 0.220 e. The van der Waals surface area contributed by atoms with Gasteiger partial charge in [0.25, 0.3) is 0 Å². The van der Waals surface area contributed by atoms with Crippen LogP contribution >= 0.6 is 0 Å². The summed E-state index contributed by atoms with van der Waals surface area (Å²) in [6.07, 6.45) is 5.35. The van der Waals surface area contributed by atoms with Crippen molar-refractivity contribution in [2.75, 3.05) is 0 Å². The van der Waals surface area contributed by atoms with Gasteiger partial charge in [-0.2, -0.15) is 0 Å². The summed E-state index contributed by atoms with van der Waals surface area (Å²) in [7, 11) is 0. The number of carbonyl (C=O) groups is 1. The molecule has 0 aromatic rings. The Labute approximate surface area is 67.0 Å². The Morgan fingerprint density at radius 1 is 1.82 bits per heavy atom. The number of carbonyl (C=O) groups excluding carboxylic acids is 1. The highest BCUT2D eigenvalue weighted by molar-refractivity contribution is 5.79. The van der Waals surface area contributed by atoms with Gasteiger partial charge in [0.2, 0.25) is 5.91 Å². The molecule has 0 saturated carbocycles. The van der Waals surface area contributed by atoms with Gasteiger partial charge < -0.3 is 5.32 Å². The molecular formula is C9H13NO. The van der Waals surface area contributed by atoms with Gasteiger partial charge in [0.1, 0.15) is 0 Å². The van der Waals surface area contributed by atoms with Crippen molar-refractivity contribution in [3.05, 3.63) is 24.3 Å². The molecule has 60 valence electrons. The monoisotopic (exact) mass is 151 g/mol. The average molecular weight is 151 g/mol. The van der Waals surface area contributed by atoms with Crippen molar-refractivity contribution in [3.63, 3.8) is 0 Å². The van der Waals surface area contributed by atoms with Gasteiger partial charge >= 0.3 is 0 Å². The molecule has 2 heteroatoms. The summed E-state index contributed by atoms with van der Waals surface area (Å²) < 4.78 is 0. The first-order valence-electron chi connectivity index (χ1n) is 3.86. The van der Waals surface area contributed by atoms with Gasteiger partial charge in [0, 0.05) is 6.42 Å². The standard InChI is InChI=1S/C9H13NO/c1-3-7(4-2)8-5-6-9(11)10-8/h3-4,8H,1,5-6H2,2H3,(H,10,11)/b7-4-. The summed E-state index contributed by atoms with van der Waals surface area (Å²) in [5.74, 6) is 0.149. The van der Waals surface area contributed by atoms with Crippen LogP contribution in [0.5, 0.6) is 0 Å². The molecule has 0 spiro atoms. The van der Waals surface area contributed by atoms with Crippen LogP contribution in [-0.2, 0) is 4.79 Å². The zero-order valence-corrected chi connectivity index (χ0v) is 6.76. The van der Waals surface area contributed by atoms with Crippen LogP contribution in [-0.4, -0.2) is 11.9 Å². The first-order valence-corrected chi connectivity index (χ1v) is 3.86. The van der Waals surface area contributed by atoms with Crippen LogP contribution < -0.4 is 5.32 Å². The SMILES string of the molecule is C=C/C(=C/C)C1CCC(=O)N1. The zero-order valence-electron chi connectivity index (χ0n) is 6.76. The van der Waals surface area contributed by atoms with Gasteiger partial charge in [-0.1, -0.05) is 18.7 Å². The second-order valence-electron chi connectivity index (χ2n) is 2.65. The first kappa shape index (κ1) is 8.05. The Balaban J connectivity index is 2.61. The topological polar surface area (TPSA) is 29.1 Å². The lowest BCUT2D eigenvalue weighted by atomic mass is 10.1. The van der Waals surface area contributed by atoms with Crippen molar-refractivity contribution in [2.45, 2.75) is 25.8 Å². The molecule has 1 saturated heterocycles. The second kappa shape index (κ2) is 3.37. The minimum absolute atomic E-state index is 0.149. The number of nitrogens with one attached hydrogen (secondary N) is 1. The van der Waals surface area contributed by atoms with E-state index < -0.39 is 0 Å². The average Bonchev–Trinajstić information content (AvgIpc) is 2.39. The fraction of sp³-hybridized carbons (Fsp3) is 0.444. The number of rotatable bonds is 2. The van der Waals surface area contributed by atoms with Gasteiger partial charge in [-0.25, -0.2) is 0 Å². The van der Waals surface area contributed by atoms with Gasteiger partial charge in [-0.15, -0.1) is 0 Å². The lowest BCUT2D eigenvalue weighted by Gasteiger charge is -2.09. The molecule has 1 aliphatic heterocycles. The fourth-order valence-corrected chi connectivity index (χ4v) is 1.33. The highest BCUT2D eigenvalue weighted by Gasteiger charge is 2.21. The molecule has 0 aliphatic carbocycles. The third-order valence-electron chi connectivity index (χ3n) is 1.97. The molecule has 1 atom stereocenters. The number of amides is 1. The Kier molecular flexibility index (Phi) is 2.47. The molecule has 1 unspecified atom stereocenters. The van der Waals surface area contributed by atoms with Crippen molar-refractivity contribution in [1.82, 2.24) is 5.32 Å². The Morgan fingerprint density at radius 2 is 2.55 bits per heavy atom. The minimum Gasteiger partial charge on any atom is -0.349 e. The molecule has 11 heavy (non-hydrogen) atoms. The summed E-state index contributed by atoms with van der Waals surface area (Å²) in [6.45, 7) is 5.64. The number of hydrogen-bond donors (Lipinski definition) is 1. The maximum atomic E-state index is 10.8. The fourth-order valence-electron chi connectivity index (χ4n) is 1.33. The third-order valence-corrected chi connectivity index (χ3v) is 1.97.